The van der Waals surface area contributed by atoms with E-state index < -0.39 is 0 Å². The van der Waals surface area contributed by atoms with Crippen LogP contribution >= 0.6 is 0 Å². The second-order valence-electron chi connectivity index (χ2n) is 7.50. The van der Waals surface area contributed by atoms with Gasteiger partial charge in [-0.3, -0.25) is 9.48 Å². The summed E-state index contributed by atoms with van der Waals surface area (Å²) in [6.07, 6.45) is 3.23. The second-order valence-corrected chi connectivity index (χ2v) is 7.50. The number of ether oxygens (including phenoxy) is 1. The van der Waals surface area contributed by atoms with Crippen molar-refractivity contribution in [2.75, 3.05) is 19.8 Å². The summed E-state index contributed by atoms with van der Waals surface area (Å²) in [7, 11) is 0. The zero-order valence-corrected chi connectivity index (χ0v) is 15.8. The lowest BCUT2D eigenvalue weighted by Gasteiger charge is -2.27. The molecular formula is C21H22N4O3. The second kappa shape index (κ2) is 6.60. The predicted molar refractivity (Wildman–Crippen MR) is 103 cm³/mol. The van der Waals surface area contributed by atoms with E-state index in [0.717, 1.165) is 46.4 Å². The number of carbonyl (C=O) groups excluding carboxylic acids is 1. The molecule has 1 aromatic carbocycles. The van der Waals surface area contributed by atoms with Gasteiger partial charge >= 0.3 is 0 Å². The van der Waals surface area contributed by atoms with E-state index in [1.54, 1.807) is 13.0 Å². The molecule has 7 heteroatoms. The molecule has 1 fully saturated rings. The summed E-state index contributed by atoms with van der Waals surface area (Å²) in [6, 6.07) is 9.66. The fraction of sp³-hybridized carbons (Fsp3) is 0.381. The first-order valence-corrected chi connectivity index (χ1v) is 9.68. The molecule has 4 heterocycles. The minimum atomic E-state index is 0.0730. The number of nitrogens with zero attached hydrogens (tertiary/aromatic N) is 4. The molecule has 1 unspecified atom stereocenters. The largest absolute Gasteiger partial charge is 0.618 e. The number of hydrogen-bond acceptors (Lipinski definition) is 4. The molecule has 2 aliphatic heterocycles. The number of aromatic nitrogens is 3. The third-order valence-corrected chi connectivity index (χ3v) is 5.84. The highest BCUT2D eigenvalue weighted by Crippen LogP contribution is 2.36. The Kier molecular flexibility index (Phi) is 4.05. The van der Waals surface area contributed by atoms with Crippen molar-refractivity contribution in [1.29, 1.82) is 0 Å². The van der Waals surface area contributed by atoms with Gasteiger partial charge < -0.3 is 14.8 Å². The van der Waals surface area contributed by atoms with E-state index in [4.69, 9.17) is 9.84 Å². The van der Waals surface area contributed by atoms with E-state index in [1.807, 2.05) is 29.2 Å². The molecule has 144 valence electrons. The summed E-state index contributed by atoms with van der Waals surface area (Å²) in [5, 5.41) is 18.1. The fourth-order valence-electron chi connectivity index (χ4n) is 4.37. The SMILES string of the molecule is CC(=O)N1CCc2c(c(-c3cccc4c3ccc[n+]4[O-])nn2C2CCOC2)C1. The van der Waals surface area contributed by atoms with Crippen LogP contribution in [0.3, 0.4) is 0 Å². The maximum atomic E-state index is 12.2. The smallest absolute Gasteiger partial charge is 0.224 e. The number of pyridine rings is 1. The van der Waals surface area contributed by atoms with Crippen LogP contribution in [0.4, 0.5) is 0 Å². The van der Waals surface area contributed by atoms with Crippen molar-refractivity contribution in [3.8, 4) is 11.3 Å². The minimum Gasteiger partial charge on any atom is -0.618 e. The Labute approximate surface area is 162 Å². The Bertz CT molecular complexity index is 1070. The molecule has 0 spiro atoms. The van der Waals surface area contributed by atoms with Gasteiger partial charge in [-0.05, 0) is 12.5 Å². The Balaban J connectivity index is 1.72. The minimum absolute atomic E-state index is 0.0730. The first kappa shape index (κ1) is 17.2. The van der Waals surface area contributed by atoms with Crippen LogP contribution in [0.15, 0.2) is 36.5 Å². The molecular weight excluding hydrogens is 356 g/mol. The lowest BCUT2D eigenvalue weighted by atomic mass is 9.98. The molecule has 0 saturated carbocycles. The summed E-state index contributed by atoms with van der Waals surface area (Å²) in [6.45, 7) is 4.28. The van der Waals surface area contributed by atoms with Crippen LogP contribution in [-0.4, -0.2) is 40.3 Å². The molecule has 1 atom stereocenters. The van der Waals surface area contributed by atoms with Gasteiger partial charge in [0.2, 0.25) is 11.4 Å². The van der Waals surface area contributed by atoms with E-state index in [9.17, 15) is 10.0 Å². The number of rotatable bonds is 2. The molecule has 2 aliphatic rings. The molecule has 5 rings (SSSR count). The third-order valence-electron chi connectivity index (χ3n) is 5.84. The number of amides is 1. The van der Waals surface area contributed by atoms with Gasteiger partial charge in [0, 0.05) is 62.0 Å². The van der Waals surface area contributed by atoms with Gasteiger partial charge in [0.05, 0.1) is 23.7 Å². The molecule has 1 amide bonds. The molecule has 28 heavy (non-hydrogen) atoms. The van der Waals surface area contributed by atoms with Gasteiger partial charge in [-0.2, -0.15) is 9.83 Å². The van der Waals surface area contributed by atoms with Crippen LogP contribution in [0, 0.1) is 5.21 Å². The normalized spacial score (nSPS) is 19.2. The van der Waals surface area contributed by atoms with E-state index in [0.29, 0.717) is 25.2 Å². The summed E-state index contributed by atoms with van der Waals surface area (Å²) in [4.78, 5) is 13.9. The van der Waals surface area contributed by atoms with Gasteiger partial charge in [0.1, 0.15) is 0 Å². The number of fused-ring (bicyclic) bond motifs is 2. The lowest BCUT2D eigenvalue weighted by Crippen LogP contribution is -2.35. The van der Waals surface area contributed by atoms with Crippen molar-refractivity contribution in [3.05, 3.63) is 53.0 Å². The summed E-state index contributed by atoms with van der Waals surface area (Å²) < 4.78 is 8.59. The van der Waals surface area contributed by atoms with Gasteiger partial charge in [0.15, 0.2) is 6.20 Å². The molecule has 0 bridgehead atoms. The summed E-state index contributed by atoms with van der Waals surface area (Å²) in [5.41, 5.74) is 4.69. The number of carbonyl (C=O) groups is 1. The maximum Gasteiger partial charge on any atom is 0.224 e. The van der Waals surface area contributed by atoms with Crippen LogP contribution < -0.4 is 4.73 Å². The molecule has 0 N–H and O–H groups in total. The van der Waals surface area contributed by atoms with E-state index in [2.05, 4.69) is 4.68 Å². The van der Waals surface area contributed by atoms with Crippen molar-refractivity contribution < 1.29 is 14.3 Å². The van der Waals surface area contributed by atoms with Crippen LogP contribution in [0.25, 0.3) is 22.2 Å². The Morgan fingerprint density at radius 1 is 1.32 bits per heavy atom. The maximum absolute atomic E-state index is 12.2. The highest BCUT2D eigenvalue weighted by Gasteiger charge is 2.31. The summed E-state index contributed by atoms with van der Waals surface area (Å²) >= 11 is 0. The number of benzene rings is 1. The molecule has 1 saturated heterocycles. The first-order chi connectivity index (χ1) is 13.6. The van der Waals surface area contributed by atoms with Crippen molar-refractivity contribution in [2.45, 2.75) is 32.4 Å². The highest BCUT2D eigenvalue weighted by molar-refractivity contribution is 5.93. The molecule has 0 radical (unpaired) electrons. The van der Waals surface area contributed by atoms with E-state index in [-0.39, 0.29) is 11.9 Å². The average Bonchev–Trinajstić information content (AvgIpc) is 3.35. The Morgan fingerprint density at radius 2 is 2.21 bits per heavy atom. The topological polar surface area (TPSA) is 74.3 Å². The Hall–Kier alpha value is -2.93. The number of hydrogen-bond donors (Lipinski definition) is 0. The molecule has 2 aromatic heterocycles. The van der Waals surface area contributed by atoms with Crippen molar-refractivity contribution in [2.24, 2.45) is 0 Å². The average molecular weight is 378 g/mol. The zero-order valence-electron chi connectivity index (χ0n) is 15.8. The predicted octanol–water partition coefficient (Wildman–Crippen LogP) is 2.20. The Morgan fingerprint density at radius 3 is 3.00 bits per heavy atom. The standard InChI is InChI=1S/C21H22N4O3/c1-14(26)23-10-7-20-18(12-23)21(22-25(20)15-8-11-28-13-15)17-4-2-6-19-16(17)5-3-9-24(19)27/h2-6,9,15H,7-8,10-13H2,1H3. The van der Waals surface area contributed by atoms with Crippen LogP contribution in [-0.2, 0) is 22.5 Å². The highest BCUT2D eigenvalue weighted by atomic mass is 16.5. The van der Waals surface area contributed by atoms with Crippen molar-refractivity contribution in [1.82, 2.24) is 14.7 Å². The van der Waals surface area contributed by atoms with Gasteiger partial charge in [-0.25, -0.2) is 0 Å². The third kappa shape index (κ3) is 2.65. The quantitative estimate of drug-likeness (QED) is 0.506. The van der Waals surface area contributed by atoms with Gasteiger partial charge in [0.25, 0.3) is 0 Å². The first-order valence-electron chi connectivity index (χ1n) is 9.68. The monoisotopic (exact) mass is 378 g/mol. The van der Waals surface area contributed by atoms with E-state index >= 15 is 0 Å². The molecule has 3 aromatic rings. The zero-order chi connectivity index (χ0) is 19.3. The van der Waals surface area contributed by atoms with E-state index in [1.165, 1.54) is 11.9 Å². The van der Waals surface area contributed by atoms with Crippen LogP contribution in [0.2, 0.25) is 0 Å². The molecule has 7 nitrogen and oxygen atoms in total. The molecule has 0 aliphatic carbocycles. The van der Waals surface area contributed by atoms with Crippen LogP contribution in [0.5, 0.6) is 0 Å². The van der Waals surface area contributed by atoms with Gasteiger partial charge in [-0.15, -0.1) is 0 Å². The lowest BCUT2D eigenvalue weighted by molar-refractivity contribution is -0.577. The van der Waals surface area contributed by atoms with Gasteiger partial charge in [-0.1, -0.05) is 12.1 Å². The fourth-order valence-corrected chi connectivity index (χ4v) is 4.37. The summed E-state index contributed by atoms with van der Waals surface area (Å²) in [5.74, 6) is 0.0730. The van der Waals surface area contributed by atoms with Crippen molar-refractivity contribution >= 4 is 16.8 Å². The van der Waals surface area contributed by atoms with Crippen molar-refractivity contribution in [3.63, 3.8) is 0 Å². The van der Waals surface area contributed by atoms with Crippen LogP contribution in [0.1, 0.15) is 30.6 Å².